The normalized spacial score (nSPS) is 19.0. The summed E-state index contributed by atoms with van der Waals surface area (Å²) in [5.74, 6) is 0.901. The zero-order chi connectivity index (χ0) is 20.9. The van der Waals surface area contributed by atoms with Crippen LogP contribution in [0.1, 0.15) is 6.92 Å². The molecule has 6 nitrogen and oxygen atoms in total. The van der Waals surface area contributed by atoms with Gasteiger partial charge in [-0.1, -0.05) is 11.8 Å². The molecule has 160 valence electrons. The van der Waals surface area contributed by atoms with Gasteiger partial charge in [-0.15, -0.1) is 0 Å². The molecule has 0 aliphatic carbocycles. The second-order valence-electron chi connectivity index (χ2n) is 7.34. The molecule has 30 heavy (non-hydrogen) atoms. The lowest BCUT2D eigenvalue weighted by Gasteiger charge is -2.37. The highest BCUT2D eigenvalue weighted by molar-refractivity contribution is 8.14. The summed E-state index contributed by atoms with van der Waals surface area (Å²) in [6.07, 6.45) is 0. The van der Waals surface area contributed by atoms with E-state index >= 15 is 0 Å². The molecule has 2 aliphatic rings. The molecular formula is C23H30N4O2S. The van der Waals surface area contributed by atoms with Crippen molar-refractivity contribution in [3.8, 4) is 5.75 Å². The summed E-state index contributed by atoms with van der Waals surface area (Å²) in [6, 6.07) is 17.2. The van der Waals surface area contributed by atoms with Crippen LogP contribution in [0.4, 0.5) is 17.1 Å². The molecule has 0 radical (unpaired) electrons. The lowest BCUT2D eigenvalue weighted by atomic mass is 10.2. The molecule has 0 bridgehead atoms. The van der Waals surface area contributed by atoms with Crippen LogP contribution in [0.25, 0.3) is 0 Å². The number of thioether (sulfide) groups is 1. The van der Waals surface area contributed by atoms with Crippen LogP contribution >= 0.6 is 11.8 Å². The van der Waals surface area contributed by atoms with Crippen molar-refractivity contribution in [2.24, 2.45) is 4.99 Å². The number of aliphatic imine (C=N–C) groups is 1. The van der Waals surface area contributed by atoms with E-state index in [1.54, 1.807) is 26.0 Å². The van der Waals surface area contributed by atoms with Crippen LogP contribution in [0.3, 0.4) is 0 Å². The number of nitrogens with zero attached hydrogens (tertiary/aromatic N) is 4. The van der Waals surface area contributed by atoms with E-state index in [2.05, 4.69) is 63.0 Å². The van der Waals surface area contributed by atoms with Gasteiger partial charge in [0.05, 0.1) is 13.7 Å². The van der Waals surface area contributed by atoms with E-state index < -0.39 is 0 Å². The largest absolute Gasteiger partial charge is 0.497 e. The maximum Gasteiger partial charge on any atom is 0.166 e. The summed E-state index contributed by atoms with van der Waals surface area (Å²) in [6.45, 7) is 7.84. The van der Waals surface area contributed by atoms with Gasteiger partial charge in [0.2, 0.25) is 0 Å². The van der Waals surface area contributed by atoms with Crippen LogP contribution < -0.4 is 19.4 Å². The molecular weight excluding hydrogens is 396 g/mol. The van der Waals surface area contributed by atoms with Gasteiger partial charge in [0, 0.05) is 56.9 Å². The van der Waals surface area contributed by atoms with Gasteiger partial charge in [-0.3, -0.25) is 4.99 Å². The third-order valence-electron chi connectivity index (χ3n) is 5.67. The lowest BCUT2D eigenvalue weighted by Crippen LogP contribution is -2.46. The SMILES string of the molecule is CCN(C1=NCC(OC)S1)c1ccc(N2CCN(c3ccc(OC)cc3)CC2)cc1. The van der Waals surface area contributed by atoms with Crippen molar-refractivity contribution in [1.82, 2.24) is 0 Å². The van der Waals surface area contributed by atoms with Crippen molar-refractivity contribution < 1.29 is 9.47 Å². The summed E-state index contributed by atoms with van der Waals surface area (Å²) in [7, 11) is 3.45. The van der Waals surface area contributed by atoms with Crippen molar-refractivity contribution in [3.05, 3.63) is 48.5 Å². The molecule has 0 aromatic heterocycles. The summed E-state index contributed by atoms with van der Waals surface area (Å²) in [5.41, 5.74) is 3.85. The molecule has 1 saturated heterocycles. The van der Waals surface area contributed by atoms with Crippen LogP contribution in [0.5, 0.6) is 5.75 Å². The number of ether oxygens (including phenoxy) is 2. The standard InChI is InChI=1S/C23H30N4O2S/c1-4-27(23-24-17-22(29-3)30-23)20-7-5-18(6-8-20)25-13-15-26(16-14-25)19-9-11-21(28-2)12-10-19/h5-12,22H,4,13-17H2,1-3H3. The Morgan fingerprint density at radius 1 is 0.933 bits per heavy atom. The van der Waals surface area contributed by atoms with Crippen molar-refractivity contribution in [3.63, 3.8) is 0 Å². The summed E-state index contributed by atoms with van der Waals surface area (Å²) < 4.78 is 10.7. The number of methoxy groups -OCH3 is 2. The van der Waals surface area contributed by atoms with Crippen LogP contribution in [0, 0.1) is 0 Å². The van der Waals surface area contributed by atoms with E-state index in [9.17, 15) is 0 Å². The van der Waals surface area contributed by atoms with Gasteiger partial charge < -0.3 is 24.2 Å². The summed E-state index contributed by atoms with van der Waals surface area (Å²) in [4.78, 5) is 11.8. The minimum atomic E-state index is 0.135. The maximum absolute atomic E-state index is 5.43. The van der Waals surface area contributed by atoms with E-state index in [4.69, 9.17) is 9.47 Å². The Hall–Kier alpha value is -2.38. The molecule has 1 unspecified atom stereocenters. The molecule has 2 aromatic carbocycles. The smallest absolute Gasteiger partial charge is 0.166 e. The molecule has 0 spiro atoms. The van der Waals surface area contributed by atoms with Gasteiger partial charge in [-0.2, -0.15) is 0 Å². The minimum absolute atomic E-state index is 0.135. The number of hydrogen-bond donors (Lipinski definition) is 0. The Balaban J connectivity index is 1.36. The van der Waals surface area contributed by atoms with Gasteiger partial charge in [-0.05, 0) is 55.5 Å². The Morgan fingerprint density at radius 3 is 1.97 bits per heavy atom. The maximum atomic E-state index is 5.43. The number of benzene rings is 2. The van der Waals surface area contributed by atoms with Gasteiger partial charge in [-0.25, -0.2) is 0 Å². The zero-order valence-corrected chi connectivity index (χ0v) is 18.8. The fourth-order valence-electron chi connectivity index (χ4n) is 3.90. The molecule has 2 aromatic rings. The number of rotatable bonds is 6. The third-order valence-corrected chi connectivity index (χ3v) is 6.83. The number of anilines is 3. The number of amidine groups is 1. The highest BCUT2D eigenvalue weighted by Crippen LogP contribution is 2.29. The van der Waals surface area contributed by atoms with Crippen molar-refractivity contribution >= 4 is 34.0 Å². The molecule has 1 fully saturated rings. The minimum Gasteiger partial charge on any atom is -0.497 e. The first-order valence-electron chi connectivity index (χ1n) is 10.5. The van der Waals surface area contributed by atoms with Gasteiger partial charge in [0.1, 0.15) is 11.2 Å². The first-order valence-corrected chi connectivity index (χ1v) is 11.3. The molecule has 2 heterocycles. The highest BCUT2D eigenvalue weighted by atomic mass is 32.2. The zero-order valence-electron chi connectivity index (χ0n) is 18.0. The molecule has 0 amide bonds. The second-order valence-corrected chi connectivity index (χ2v) is 8.47. The summed E-state index contributed by atoms with van der Waals surface area (Å²) >= 11 is 1.70. The predicted molar refractivity (Wildman–Crippen MR) is 128 cm³/mol. The van der Waals surface area contributed by atoms with E-state index in [0.717, 1.165) is 50.2 Å². The average Bonchev–Trinajstić information content (AvgIpc) is 3.29. The van der Waals surface area contributed by atoms with Crippen LogP contribution in [0.2, 0.25) is 0 Å². The Kier molecular flexibility index (Phi) is 6.69. The molecule has 0 saturated carbocycles. The Labute approximate surface area is 183 Å². The fourth-order valence-corrected chi connectivity index (χ4v) is 4.90. The Morgan fingerprint density at radius 2 is 1.50 bits per heavy atom. The number of piperazine rings is 1. The van der Waals surface area contributed by atoms with E-state index in [0.29, 0.717) is 0 Å². The monoisotopic (exact) mass is 426 g/mol. The molecule has 4 rings (SSSR count). The summed E-state index contributed by atoms with van der Waals surface area (Å²) in [5, 5.41) is 1.05. The lowest BCUT2D eigenvalue weighted by molar-refractivity contribution is 0.182. The van der Waals surface area contributed by atoms with Crippen LogP contribution in [-0.4, -0.2) is 64.1 Å². The van der Waals surface area contributed by atoms with Gasteiger partial charge in [0.15, 0.2) is 5.17 Å². The first-order chi connectivity index (χ1) is 14.7. The molecule has 7 heteroatoms. The molecule has 1 atom stereocenters. The van der Waals surface area contributed by atoms with Crippen LogP contribution in [-0.2, 0) is 4.74 Å². The first kappa shape index (κ1) is 20.9. The quantitative estimate of drug-likeness (QED) is 0.697. The van der Waals surface area contributed by atoms with Crippen molar-refractivity contribution in [2.75, 3.05) is 68.2 Å². The Bertz CT molecular complexity index is 849. The molecule has 0 N–H and O–H groups in total. The predicted octanol–water partition coefficient (Wildman–Crippen LogP) is 3.92. The third kappa shape index (κ3) is 4.52. The van der Waals surface area contributed by atoms with Gasteiger partial charge >= 0.3 is 0 Å². The highest BCUT2D eigenvalue weighted by Gasteiger charge is 2.24. The fraction of sp³-hybridized carbons (Fsp3) is 0.435. The molecule has 2 aliphatic heterocycles. The topological polar surface area (TPSA) is 40.5 Å². The van der Waals surface area contributed by atoms with Gasteiger partial charge in [0.25, 0.3) is 0 Å². The van der Waals surface area contributed by atoms with Crippen molar-refractivity contribution in [1.29, 1.82) is 0 Å². The van der Waals surface area contributed by atoms with E-state index in [1.807, 2.05) is 12.1 Å². The van der Waals surface area contributed by atoms with E-state index in [-0.39, 0.29) is 5.44 Å². The van der Waals surface area contributed by atoms with Crippen LogP contribution in [0.15, 0.2) is 53.5 Å². The average molecular weight is 427 g/mol. The van der Waals surface area contributed by atoms with Crippen molar-refractivity contribution in [2.45, 2.75) is 12.4 Å². The number of hydrogen-bond acceptors (Lipinski definition) is 7. The second kappa shape index (κ2) is 9.62. The van der Waals surface area contributed by atoms with E-state index in [1.165, 1.54) is 17.1 Å².